The number of piperidine rings is 1. The van der Waals surface area contributed by atoms with Gasteiger partial charge < -0.3 is 23.8 Å². The van der Waals surface area contributed by atoms with E-state index in [1.165, 1.54) is 12.0 Å². The molecule has 1 amide bonds. The second kappa shape index (κ2) is 9.74. The Balaban J connectivity index is 1.48. The molecule has 6 nitrogen and oxygen atoms in total. The minimum atomic E-state index is -4.72. The predicted octanol–water partition coefficient (Wildman–Crippen LogP) is 4.30. The van der Waals surface area contributed by atoms with Crippen LogP contribution in [0.4, 0.5) is 18.0 Å². The lowest BCUT2D eigenvalue weighted by molar-refractivity contribution is -0.220. The van der Waals surface area contributed by atoms with Gasteiger partial charge in [-0.3, -0.25) is 0 Å². The van der Waals surface area contributed by atoms with Gasteiger partial charge in [0.05, 0.1) is 32.5 Å². The summed E-state index contributed by atoms with van der Waals surface area (Å²) in [5.74, 6) is 0.638. The van der Waals surface area contributed by atoms with E-state index < -0.39 is 25.0 Å². The van der Waals surface area contributed by atoms with E-state index in [4.69, 9.17) is 18.9 Å². The zero-order chi connectivity index (χ0) is 21.8. The number of carbonyl (C=O) groups excluding carboxylic acids is 1. The van der Waals surface area contributed by atoms with Crippen LogP contribution in [0, 0.1) is 0 Å². The van der Waals surface area contributed by atoms with Gasteiger partial charge in [0.15, 0.2) is 0 Å². The van der Waals surface area contributed by atoms with Gasteiger partial charge >= 0.3 is 12.3 Å². The van der Waals surface area contributed by atoms with Crippen molar-refractivity contribution in [2.24, 2.45) is 0 Å². The Morgan fingerprint density at radius 1 is 1.30 bits per heavy atom. The van der Waals surface area contributed by atoms with Crippen molar-refractivity contribution in [3.8, 4) is 5.75 Å². The number of nitrogens with zero attached hydrogens (tertiary/aromatic N) is 1. The van der Waals surface area contributed by atoms with Crippen molar-refractivity contribution in [2.45, 2.75) is 48.6 Å². The van der Waals surface area contributed by atoms with E-state index in [9.17, 15) is 18.0 Å². The van der Waals surface area contributed by atoms with Crippen LogP contribution in [-0.4, -0.2) is 67.1 Å². The lowest BCUT2D eigenvalue weighted by atomic mass is 9.89. The van der Waals surface area contributed by atoms with Crippen LogP contribution >= 0.6 is 15.9 Å². The highest BCUT2D eigenvalue weighted by Crippen LogP contribution is 2.38. The van der Waals surface area contributed by atoms with Gasteiger partial charge in [-0.15, -0.1) is 0 Å². The number of ether oxygens (including phenoxy) is 4. The fraction of sp³-hybridized carbons (Fsp3) is 0.650. The fourth-order valence-electron chi connectivity index (χ4n) is 3.63. The van der Waals surface area contributed by atoms with Gasteiger partial charge in [-0.05, 0) is 37.0 Å². The maximum absolute atomic E-state index is 13.3. The first-order chi connectivity index (χ1) is 14.2. The quantitative estimate of drug-likeness (QED) is 0.550. The molecule has 2 saturated heterocycles. The summed E-state index contributed by atoms with van der Waals surface area (Å²) >= 11 is 3.52. The maximum Gasteiger partial charge on any atom is 0.427 e. The molecule has 1 spiro atoms. The minimum absolute atomic E-state index is 0.0363. The highest BCUT2D eigenvalue weighted by atomic mass is 79.9. The van der Waals surface area contributed by atoms with E-state index in [0.29, 0.717) is 43.9 Å². The summed E-state index contributed by atoms with van der Waals surface area (Å²) in [4.78, 5) is 13.9. The molecule has 2 atom stereocenters. The molecule has 2 aliphatic heterocycles. The van der Waals surface area contributed by atoms with Crippen LogP contribution in [0.3, 0.4) is 0 Å². The third kappa shape index (κ3) is 6.01. The molecule has 1 aromatic rings. The van der Waals surface area contributed by atoms with Crippen LogP contribution in [-0.2, 0) is 20.8 Å². The summed E-state index contributed by atoms with van der Waals surface area (Å²) in [6, 6.07) is 6.77. The molecule has 2 fully saturated rings. The Morgan fingerprint density at radius 2 is 1.97 bits per heavy atom. The number of methoxy groups -OCH3 is 1. The standard InChI is InChI=1S/C20H25BrF3NO5/c1-27-16-4-2-14(3-5-16)11-28-13-17(20(22,23)24)30-18(26)25-8-6-19(7-9-25)10-15(21)12-29-19/h2-5,15,17H,6-13H2,1H3/t15?,17-/m1/s1. The maximum atomic E-state index is 13.3. The molecule has 0 saturated carbocycles. The molecule has 0 N–H and O–H groups in total. The van der Waals surface area contributed by atoms with E-state index in [2.05, 4.69) is 15.9 Å². The molecule has 3 rings (SSSR count). The number of alkyl halides is 4. The van der Waals surface area contributed by atoms with E-state index in [1.807, 2.05) is 0 Å². The Bertz CT molecular complexity index is 707. The molecule has 2 aliphatic rings. The number of benzene rings is 1. The molecule has 0 aromatic heterocycles. The van der Waals surface area contributed by atoms with Crippen LogP contribution in [0.2, 0.25) is 0 Å². The third-order valence-corrected chi connectivity index (χ3v) is 5.99. The SMILES string of the molecule is COc1ccc(COC[C@@H](OC(=O)N2CCC3(CC2)CC(Br)CO3)C(F)(F)F)cc1. The second-order valence-electron chi connectivity index (χ2n) is 7.56. The van der Waals surface area contributed by atoms with Gasteiger partial charge in [0.1, 0.15) is 5.75 Å². The topological polar surface area (TPSA) is 57.2 Å². The molecule has 30 heavy (non-hydrogen) atoms. The number of halogens is 4. The smallest absolute Gasteiger partial charge is 0.427 e. The summed E-state index contributed by atoms with van der Waals surface area (Å²) in [7, 11) is 1.52. The van der Waals surface area contributed by atoms with E-state index in [1.54, 1.807) is 24.3 Å². The molecule has 0 radical (unpaired) electrons. The van der Waals surface area contributed by atoms with Gasteiger partial charge in [0.2, 0.25) is 6.10 Å². The lowest BCUT2D eigenvalue weighted by Gasteiger charge is -2.38. The first-order valence-electron chi connectivity index (χ1n) is 9.72. The molecule has 2 heterocycles. The predicted molar refractivity (Wildman–Crippen MR) is 106 cm³/mol. The average Bonchev–Trinajstić information content (AvgIpc) is 3.07. The zero-order valence-electron chi connectivity index (χ0n) is 16.6. The first kappa shape index (κ1) is 23.1. The fourth-order valence-corrected chi connectivity index (χ4v) is 4.35. The summed E-state index contributed by atoms with van der Waals surface area (Å²) < 4.78 is 60.8. The van der Waals surface area contributed by atoms with Gasteiger partial charge in [0.25, 0.3) is 0 Å². The van der Waals surface area contributed by atoms with E-state index >= 15 is 0 Å². The van der Waals surface area contributed by atoms with Crippen LogP contribution in [0.5, 0.6) is 5.75 Å². The van der Waals surface area contributed by atoms with Crippen molar-refractivity contribution in [2.75, 3.05) is 33.4 Å². The molecule has 0 aliphatic carbocycles. The number of rotatable bonds is 6. The molecule has 168 valence electrons. The highest BCUT2D eigenvalue weighted by Gasteiger charge is 2.46. The number of amides is 1. The van der Waals surface area contributed by atoms with E-state index in [0.717, 1.165) is 6.42 Å². The number of carbonyl (C=O) groups is 1. The van der Waals surface area contributed by atoms with Crippen LogP contribution in [0.1, 0.15) is 24.8 Å². The molecule has 1 aromatic carbocycles. The summed E-state index contributed by atoms with van der Waals surface area (Å²) in [5, 5.41) is 0. The average molecular weight is 496 g/mol. The third-order valence-electron chi connectivity index (χ3n) is 5.40. The largest absolute Gasteiger partial charge is 0.497 e. The van der Waals surface area contributed by atoms with Gasteiger partial charge in [0, 0.05) is 17.9 Å². The normalized spacial score (nSPS) is 22.2. The van der Waals surface area contributed by atoms with Crippen LogP contribution in [0.25, 0.3) is 0 Å². The second-order valence-corrected chi connectivity index (χ2v) is 8.85. The van der Waals surface area contributed by atoms with Crippen molar-refractivity contribution in [1.82, 2.24) is 4.90 Å². The van der Waals surface area contributed by atoms with Crippen molar-refractivity contribution in [3.63, 3.8) is 0 Å². The number of likely N-dealkylation sites (tertiary alicyclic amines) is 1. The summed E-state index contributed by atoms with van der Waals surface area (Å²) in [6.45, 7) is 0.399. The molecule has 0 bridgehead atoms. The zero-order valence-corrected chi connectivity index (χ0v) is 18.2. The minimum Gasteiger partial charge on any atom is -0.497 e. The molecule has 1 unspecified atom stereocenters. The molecular formula is C20H25BrF3NO5. The van der Waals surface area contributed by atoms with Crippen LogP contribution < -0.4 is 4.74 Å². The molecular weight excluding hydrogens is 471 g/mol. The summed E-state index contributed by atoms with van der Waals surface area (Å²) in [5.41, 5.74) is 0.390. The highest BCUT2D eigenvalue weighted by molar-refractivity contribution is 9.09. The lowest BCUT2D eigenvalue weighted by Crippen LogP contribution is -2.49. The summed E-state index contributed by atoms with van der Waals surface area (Å²) in [6.07, 6.45) is -6.03. The van der Waals surface area contributed by atoms with Crippen LogP contribution in [0.15, 0.2) is 24.3 Å². The van der Waals surface area contributed by atoms with Crippen molar-refractivity contribution < 1.29 is 36.9 Å². The van der Waals surface area contributed by atoms with Gasteiger partial charge in [-0.25, -0.2) is 4.79 Å². The Kier molecular flexibility index (Phi) is 7.52. The van der Waals surface area contributed by atoms with Crippen molar-refractivity contribution in [3.05, 3.63) is 29.8 Å². The van der Waals surface area contributed by atoms with E-state index in [-0.39, 0.29) is 17.0 Å². The van der Waals surface area contributed by atoms with Gasteiger partial charge in [-0.1, -0.05) is 28.1 Å². The Labute approximate surface area is 181 Å². The van der Waals surface area contributed by atoms with Crippen molar-refractivity contribution >= 4 is 22.0 Å². The monoisotopic (exact) mass is 495 g/mol. The Morgan fingerprint density at radius 3 is 2.50 bits per heavy atom. The first-order valence-corrected chi connectivity index (χ1v) is 10.6. The number of hydrogen-bond acceptors (Lipinski definition) is 5. The van der Waals surface area contributed by atoms with Crippen molar-refractivity contribution in [1.29, 1.82) is 0 Å². The Hall–Kier alpha value is -1.52. The van der Waals surface area contributed by atoms with Gasteiger partial charge in [-0.2, -0.15) is 13.2 Å². The number of hydrogen-bond donors (Lipinski definition) is 0. The molecule has 10 heteroatoms.